The first kappa shape index (κ1) is 21.6. The van der Waals surface area contributed by atoms with E-state index in [2.05, 4.69) is 10.6 Å². The number of hydrogen-bond donors (Lipinski definition) is 2. The maximum atomic E-state index is 13.3. The summed E-state index contributed by atoms with van der Waals surface area (Å²) < 4.78 is 28.0. The van der Waals surface area contributed by atoms with Crippen molar-refractivity contribution in [1.29, 1.82) is 0 Å². The molecular formula is C25H23N3O3S2. The van der Waals surface area contributed by atoms with Gasteiger partial charge in [0.25, 0.3) is 15.9 Å². The van der Waals surface area contributed by atoms with Gasteiger partial charge >= 0.3 is 0 Å². The number of carbonyl (C=O) groups is 1. The number of nitrogens with one attached hydrogen (secondary N) is 2. The van der Waals surface area contributed by atoms with Gasteiger partial charge < -0.3 is 10.6 Å². The van der Waals surface area contributed by atoms with E-state index in [1.807, 2.05) is 60.0 Å². The number of carbonyl (C=O) groups excluding carboxylic acids is 1. The van der Waals surface area contributed by atoms with E-state index in [0.717, 1.165) is 35.4 Å². The summed E-state index contributed by atoms with van der Waals surface area (Å²) in [6.45, 7) is 0.447. The van der Waals surface area contributed by atoms with Gasteiger partial charge in [-0.05, 0) is 59.7 Å². The normalized spacial score (nSPS) is 17.6. The molecule has 3 aromatic rings. The lowest BCUT2D eigenvalue weighted by atomic mass is 10.0. The smallest absolute Gasteiger partial charge is 0.264 e. The highest BCUT2D eigenvalue weighted by molar-refractivity contribution is 8.03. The van der Waals surface area contributed by atoms with E-state index in [-0.39, 0.29) is 16.3 Å². The summed E-state index contributed by atoms with van der Waals surface area (Å²) >= 11 is 1.48. The van der Waals surface area contributed by atoms with Crippen LogP contribution in [0, 0.1) is 0 Å². The number of rotatable bonds is 5. The number of fused-ring (bicyclic) bond motifs is 1. The summed E-state index contributed by atoms with van der Waals surface area (Å²) in [7, 11) is -3.70. The van der Waals surface area contributed by atoms with Gasteiger partial charge in [0.05, 0.1) is 16.3 Å². The van der Waals surface area contributed by atoms with Crippen molar-refractivity contribution in [3.63, 3.8) is 0 Å². The van der Waals surface area contributed by atoms with Gasteiger partial charge in [0.15, 0.2) is 5.50 Å². The number of aryl methyl sites for hydroxylation is 1. The molecule has 0 saturated heterocycles. The average molecular weight is 478 g/mol. The van der Waals surface area contributed by atoms with E-state index in [9.17, 15) is 13.2 Å². The Morgan fingerprint density at radius 1 is 0.970 bits per heavy atom. The molecule has 8 heteroatoms. The minimum atomic E-state index is -3.70. The van der Waals surface area contributed by atoms with E-state index < -0.39 is 10.0 Å². The van der Waals surface area contributed by atoms with E-state index in [0.29, 0.717) is 12.1 Å². The summed E-state index contributed by atoms with van der Waals surface area (Å²) in [5.41, 5.74) is 3.89. The van der Waals surface area contributed by atoms with Crippen molar-refractivity contribution in [2.75, 3.05) is 10.8 Å². The van der Waals surface area contributed by atoms with Crippen molar-refractivity contribution < 1.29 is 13.2 Å². The lowest BCUT2D eigenvalue weighted by molar-refractivity contribution is 0.0948. The molecule has 1 atom stereocenters. The molecule has 2 aliphatic heterocycles. The van der Waals surface area contributed by atoms with Crippen molar-refractivity contribution >= 4 is 39.1 Å². The molecule has 0 radical (unpaired) electrons. The van der Waals surface area contributed by atoms with E-state index in [1.54, 1.807) is 12.1 Å². The molecule has 3 aromatic carbocycles. The maximum Gasteiger partial charge on any atom is 0.264 e. The zero-order valence-electron chi connectivity index (χ0n) is 17.8. The predicted molar refractivity (Wildman–Crippen MR) is 132 cm³/mol. The topological polar surface area (TPSA) is 78.5 Å². The first-order chi connectivity index (χ1) is 16.0. The van der Waals surface area contributed by atoms with Gasteiger partial charge in [-0.25, -0.2) is 8.42 Å². The molecule has 6 nitrogen and oxygen atoms in total. The van der Waals surface area contributed by atoms with Gasteiger partial charge in [-0.2, -0.15) is 0 Å². The lowest BCUT2D eigenvalue weighted by Crippen LogP contribution is -2.39. The zero-order chi connectivity index (χ0) is 22.8. The molecular weight excluding hydrogens is 454 g/mol. The van der Waals surface area contributed by atoms with E-state index in [1.165, 1.54) is 28.2 Å². The molecule has 2 N–H and O–H groups in total. The third kappa shape index (κ3) is 4.36. The number of anilines is 1. The Hall–Kier alpha value is -3.23. The molecule has 0 saturated carbocycles. The molecule has 5 rings (SSSR count). The fourth-order valence-electron chi connectivity index (χ4n) is 4.04. The van der Waals surface area contributed by atoms with Crippen LogP contribution in [0.1, 0.15) is 27.9 Å². The van der Waals surface area contributed by atoms with Crippen LogP contribution >= 0.6 is 11.8 Å². The Morgan fingerprint density at radius 3 is 2.48 bits per heavy atom. The Kier molecular flexibility index (Phi) is 5.86. The SMILES string of the molecule is O=C(NC1NC(c2ccccc2)=CS1)c1ccc(S(=O)(=O)N2CCCc3ccccc32)cc1. The molecule has 2 aliphatic rings. The van der Waals surface area contributed by atoms with Gasteiger partial charge in [0.1, 0.15) is 0 Å². The van der Waals surface area contributed by atoms with Crippen LogP contribution in [0.5, 0.6) is 0 Å². The molecule has 2 heterocycles. The largest absolute Gasteiger partial charge is 0.356 e. The number of para-hydroxylation sites is 1. The van der Waals surface area contributed by atoms with Crippen LogP contribution in [0.4, 0.5) is 5.69 Å². The van der Waals surface area contributed by atoms with Gasteiger partial charge in [0.2, 0.25) is 0 Å². The van der Waals surface area contributed by atoms with Crippen molar-refractivity contribution in [2.45, 2.75) is 23.2 Å². The number of amides is 1. The second-order valence-electron chi connectivity index (χ2n) is 7.87. The number of thioether (sulfide) groups is 1. The van der Waals surface area contributed by atoms with E-state index >= 15 is 0 Å². The van der Waals surface area contributed by atoms with E-state index in [4.69, 9.17) is 0 Å². The molecule has 0 aliphatic carbocycles. The average Bonchev–Trinajstić information content (AvgIpc) is 3.33. The highest BCUT2D eigenvalue weighted by atomic mass is 32.2. The van der Waals surface area contributed by atoms with Crippen LogP contribution in [0.3, 0.4) is 0 Å². The molecule has 0 aromatic heterocycles. The summed E-state index contributed by atoms with van der Waals surface area (Å²) in [6.07, 6.45) is 1.65. The highest BCUT2D eigenvalue weighted by Crippen LogP contribution is 2.32. The summed E-state index contributed by atoms with van der Waals surface area (Å²) in [5, 5.41) is 8.19. The molecule has 1 unspecified atom stereocenters. The Labute approximate surface area is 197 Å². The second-order valence-corrected chi connectivity index (χ2v) is 10.7. The Balaban J connectivity index is 1.27. The monoisotopic (exact) mass is 477 g/mol. The molecule has 33 heavy (non-hydrogen) atoms. The van der Waals surface area contributed by atoms with Gasteiger partial charge in [0, 0.05) is 12.1 Å². The maximum absolute atomic E-state index is 13.3. The Bertz CT molecular complexity index is 1310. The third-order valence-corrected chi connectivity index (χ3v) is 8.43. The van der Waals surface area contributed by atoms with Gasteiger partial charge in [-0.1, -0.05) is 60.3 Å². The Morgan fingerprint density at radius 2 is 1.70 bits per heavy atom. The summed E-state index contributed by atoms with van der Waals surface area (Å²) in [6, 6.07) is 23.6. The van der Waals surface area contributed by atoms with Crippen molar-refractivity contribution in [3.8, 4) is 0 Å². The standard InChI is InChI=1S/C25H23N3O3S2/c29-24(27-25-26-22(17-32-25)18-7-2-1-3-8-18)20-12-14-21(15-13-20)33(30,31)28-16-6-10-19-9-4-5-11-23(19)28/h1-5,7-9,11-15,17,25-26H,6,10,16H2,(H,27,29). The lowest BCUT2D eigenvalue weighted by Gasteiger charge is -2.30. The van der Waals surface area contributed by atoms with Crippen LogP contribution in [0.15, 0.2) is 89.2 Å². The highest BCUT2D eigenvalue weighted by Gasteiger charge is 2.29. The van der Waals surface area contributed by atoms with Crippen LogP contribution < -0.4 is 14.9 Å². The third-order valence-electron chi connectivity index (χ3n) is 5.73. The number of hydrogen-bond acceptors (Lipinski definition) is 5. The minimum Gasteiger partial charge on any atom is -0.356 e. The van der Waals surface area contributed by atoms with Gasteiger partial charge in [-0.15, -0.1) is 0 Å². The first-order valence-corrected chi connectivity index (χ1v) is 13.1. The van der Waals surface area contributed by atoms with Crippen LogP contribution in [-0.4, -0.2) is 26.4 Å². The fourth-order valence-corrected chi connectivity index (χ4v) is 6.43. The van der Waals surface area contributed by atoms with Crippen LogP contribution in [-0.2, 0) is 16.4 Å². The number of benzene rings is 3. The van der Waals surface area contributed by atoms with Crippen LogP contribution in [0.2, 0.25) is 0 Å². The summed E-state index contributed by atoms with van der Waals surface area (Å²) in [5.74, 6) is -0.269. The predicted octanol–water partition coefficient (Wildman–Crippen LogP) is 4.18. The number of nitrogens with zero attached hydrogens (tertiary/aromatic N) is 1. The van der Waals surface area contributed by atoms with Crippen molar-refractivity contribution in [1.82, 2.24) is 10.6 Å². The molecule has 0 bridgehead atoms. The fraction of sp³-hybridized carbons (Fsp3) is 0.160. The first-order valence-electron chi connectivity index (χ1n) is 10.7. The van der Waals surface area contributed by atoms with Crippen molar-refractivity contribution in [3.05, 3.63) is 101 Å². The van der Waals surface area contributed by atoms with Crippen LogP contribution in [0.25, 0.3) is 5.70 Å². The molecule has 1 amide bonds. The second kappa shape index (κ2) is 8.96. The summed E-state index contributed by atoms with van der Waals surface area (Å²) in [4.78, 5) is 12.9. The van der Waals surface area contributed by atoms with Crippen molar-refractivity contribution in [2.24, 2.45) is 0 Å². The molecule has 168 valence electrons. The molecule has 0 spiro atoms. The zero-order valence-corrected chi connectivity index (χ0v) is 19.4. The van der Waals surface area contributed by atoms with Gasteiger partial charge in [-0.3, -0.25) is 9.10 Å². The molecule has 0 fully saturated rings. The quantitative estimate of drug-likeness (QED) is 0.577. The minimum absolute atomic E-state index is 0.178. The number of sulfonamides is 1.